The summed E-state index contributed by atoms with van der Waals surface area (Å²) in [5.74, 6) is -2.15. The molecule has 0 fully saturated rings. The van der Waals surface area contributed by atoms with E-state index in [0.29, 0.717) is 11.1 Å². The Balaban J connectivity index is 1.76. The molecule has 0 radical (unpaired) electrons. The number of sulfonamides is 1. The van der Waals surface area contributed by atoms with Crippen LogP contribution in [-0.2, 0) is 24.3 Å². The van der Waals surface area contributed by atoms with Gasteiger partial charge in [-0.1, -0.05) is 30.3 Å². The smallest absolute Gasteiger partial charge is 0.307 e. The second kappa shape index (κ2) is 9.94. The van der Waals surface area contributed by atoms with Crippen LogP contribution >= 0.6 is 0 Å². The van der Waals surface area contributed by atoms with Crippen LogP contribution in [0.2, 0.25) is 0 Å². The van der Waals surface area contributed by atoms with Gasteiger partial charge in [-0.25, -0.2) is 13.1 Å². The number of rotatable bonds is 8. The summed E-state index contributed by atoms with van der Waals surface area (Å²) in [6.07, 6.45) is -0.260. The van der Waals surface area contributed by atoms with Crippen LogP contribution in [0.5, 0.6) is 0 Å². The molecule has 0 spiro atoms. The van der Waals surface area contributed by atoms with E-state index < -0.39 is 34.4 Å². The highest BCUT2D eigenvalue weighted by Gasteiger charge is 2.18. The van der Waals surface area contributed by atoms with E-state index in [0.717, 1.165) is 5.56 Å². The molecule has 2 aromatic carbocycles. The Morgan fingerprint density at radius 3 is 2.38 bits per heavy atom. The molecule has 29 heavy (non-hydrogen) atoms. The molecule has 0 aliphatic heterocycles. The Morgan fingerprint density at radius 2 is 1.69 bits per heavy atom. The van der Waals surface area contributed by atoms with E-state index >= 15 is 0 Å². The number of carbonyl (C=O) groups is 3. The number of aryl methyl sites for hydroxylation is 2. The van der Waals surface area contributed by atoms with Gasteiger partial charge in [-0.15, -0.1) is 0 Å². The first kappa shape index (κ1) is 22.3. The normalized spacial score (nSPS) is 11.0. The van der Waals surface area contributed by atoms with Gasteiger partial charge in [0.25, 0.3) is 11.8 Å². The molecule has 0 unspecified atom stereocenters. The van der Waals surface area contributed by atoms with Crippen LogP contribution < -0.4 is 10.0 Å². The van der Waals surface area contributed by atoms with Crippen molar-refractivity contribution in [3.8, 4) is 0 Å². The van der Waals surface area contributed by atoms with Gasteiger partial charge in [-0.2, -0.15) is 0 Å². The molecule has 0 aromatic heterocycles. The molecule has 0 heterocycles. The van der Waals surface area contributed by atoms with E-state index in [1.807, 2.05) is 0 Å². The molecule has 2 N–H and O–H groups in total. The number of carbonyl (C=O) groups excluding carboxylic acids is 3. The van der Waals surface area contributed by atoms with E-state index in [4.69, 9.17) is 4.74 Å². The van der Waals surface area contributed by atoms with Gasteiger partial charge >= 0.3 is 5.97 Å². The summed E-state index contributed by atoms with van der Waals surface area (Å²) in [5.41, 5.74) is 1.69. The number of esters is 1. The maximum Gasteiger partial charge on any atom is 0.307 e. The SMILES string of the molecule is Cc1ccc(C)c(S(=O)(=O)NCCC(=O)OCC(=O)NC(=O)c2ccccc2)c1. The van der Waals surface area contributed by atoms with Crippen molar-refractivity contribution in [3.05, 3.63) is 65.2 Å². The number of hydrogen-bond acceptors (Lipinski definition) is 6. The number of ether oxygens (including phenoxy) is 1. The lowest BCUT2D eigenvalue weighted by Crippen LogP contribution is -2.34. The molecule has 154 valence electrons. The molecule has 2 rings (SSSR count). The average Bonchev–Trinajstić information content (AvgIpc) is 2.68. The largest absolute Gasteiger partial charge is 0.456 e. The average molecular weight is 418 g/mol. The minimum Gasteiger partial charge on any atom is -0.456 e. The van der Waals surface area contributed by atoms with Crippen molar-refractivity contribution in [1.29, 1.82) is 0 Å². The molecule has 9 heteroatoms. The van der Waals surface area contributed by atoms with Gasteiger partial charge < -0.3 is 4.74 Å². The molecule has 0 saturated carbocycles. The van der Waals surface area contributed by atoms with Crippen LogP contribution in [0.1, 0.15) is 27.9 Å². The Hall–Kier alpha value is -3.04. The Bertz CT molecular complexity index is 1000. The second-order valence-corrected chi connectivity index (χ2v) is 8.06. The number of amides is 2. The minimum atomic E-state index is -3.77. The molecule has 0 atom stereocenters. The summed E-state index contributed by atoms with van der Waals surface area (Å²) < 4.78 is 31.8. The number of benzene rings is 2. The number of nitrogens with one attached hydrogen (secondary N) is 2. The summed E-state index contributed by atoms with van der Waals surface area (Å²) in [4.78, 5) is 35.4. The van der Waals surface area contributed by atoms with Crippen molar-refractivity contribution in [2.75, 3.05) is 13.2 Å². The first-order chi connectivity index (χ1) is 13.7. The predicted molar refractivity (Wildman–Crippen MR) is 106 cm³/mol. The van der Waals surface area contributed by atoms with Crippen molar-refractivity contribution in [3.63, 3.8) is 0 Å². The van der Waals surface area contributed by atoms with E-state index in [9.17, 15) is 22.8 Å². The summed E-state index contributed by atoms with van der Waals surface area (Å²) in [6, 6.07) is 13.2. The second-order valence-electron chi connectivity index (χ2n) is 6.32. The molecule has 2 aromatic rings. The lowest BCUT2D eigenvalue weighted by atomic mass is 10.2. The Morgan fingerprint density at radius 1 is 1.00 bits per heavy atom. The maximum absolute atomic E-state index is 12.3. The van der Waals surface area contributed by atoms with Gasteiger partial charge in [0.05, 0.1) is 11.3 Å². The first-order valence-corrected chi connectivity index (χ1v) is 10.3. The number of hydrogen-bond donors (Lipinski definition) is 2. The lowest BCUT2D eigenvalue weighted by molar-refractivity contribution is -0.148. The molecule has 0 aliphatic rings. The van der Waals surface area contributed by atoms with Crippen LogP contribution in [0.3, 0.4) is 0 Å². The maximum atomic E-state index is 12.3. The van der Waals surface area contributed by atoms with E-state index in [2.05, 4.69) is 10.0 Å². The van der Waals surface area contributed by atoms with Crippen molar-refractivity contribution >= 4 is 27.8 Å². The highest BCUT2D eigenvalue weighted by atomic mass is 32.2. The van der Waals surface area contributed by atoms with Crippen molar-refractivity contribution < 1.29 is 27.5 Å². The zero-order chi connectivity index (χ0) is 21.4. The Kier molecular flexibility index (Phi) is 7.63. The molecular weight excluding hydrogens is 396 g/mol. The van der Waals surface area contributed by atoms with Crippen LogP contribution in [-0.4, -0.2) is 39.4 Å². The van der Waals surface area contributed by atoms with E-state index in [1.165, 1.54) is 12.1 Å². The lowest BCUT2D eigenvalue weighted by Gasteiger charge is -2.10. The monoisotopic (exact) mass is 418 g/mol. The molecule has 0 bridgehead atoms. The van der Waals surface area contributed by atoms with Gasteiger partial charge in [-0.3, -0.25) is 19.7 Å². The third-order valence-electron chi connectivity index (χ3n) is 3.91. The van der Waals surface area contributed by atoms with Crippen molar-refractivity contribution in [2.24, 2.45) is 0 Å². The topological polar surface area (TPSA) is 119 Å². The summed E-state index contributed by atoms with van der Waals surface area (Å²) in [5, 5.41) is 2.10. The fourth-order valence-corrected chi connectivity index (χ4v) is 3.76. The zero-order valence-electron chi connectivity index (χ0n) is 16.1. The third-order valence-corrected chi connectivity index (χ3v) is 5.51. The van der Waals surface area contributed by atoms with E-state index in [-0.39, 0.29) is 17.9 Å². The van der Waals surface area contributed by atoms with Crippen molar-refractivity contribution in [1.82, 2.24) is 10.0 Å². The molecule has 2 amide bonds. The van der Waals surface area contributed by atoms with Crippen LogP contribution in [0.15, 0.2) is 53.4 Å². The highest BCUT2D eigenvalue weighted by Crippen LogP contribution is 2.16. The van der Waals surface area contributed by atoms with Crippen LogP contribution in [0, 0.1) is 13.8 Å². The minimum absolute atomic E-state index is 0.143. The predicted octanol–water partition coefficient (Wildman–Crippen LogP) is 1.47. The van der Waals surface area contributed by atoms with Gasteiger partial charge in [0.15, 0.2) is 6.61 Å². The summed E-state index contributed by atoms with van der Waals surface area (Å²) in [6.45, 7) is 2.64. The molecule has 0 saturated heterocycles. The Labute approximate surface area is 169 Å². The summed E-state index contributed by atoms with van der Waals surface area (Å²) >= 11 is 0. The standard InChI is InChI=1S/C20H22N2O6S/c1-14-8-9-15(2)17(12-14)29(26,27)21-11-10-19(24)28-13-18(23)22-20(25)16-6-4-3-5-7-16/h3-9,12,21H,10-11,13H2,1-2H3,(H,22,23,25). The van der Waals surface area contributed by atoms with Gasteiger partial charge in [0.1, 0.15) is 0 Å². The van der Waals surface area contributed by atoms with Crippen LogP contribution in [0.4, 0.5) is 0 Å². The van der Waals surface area contributed by atoms with Crippen LogP contribution in [0.25, 0.3) is 0 Å². The molecule has 0 aliphatic carbocycles. The third kappa shape index (κ3) is 6.81. The first-order valence-electron chi connectivity index (χ1n) is 8.81. The highest BCUT2D eigenvalue weighted by molar-refractivity contribution is 7.89. The molecule has 8 nitrogen and oxygen atoms in total. The van der Waals surface area contributed by atoms with Gasteiger partial charge in [0.2, 0.25) is 10.0 Å². The summed E-state index contributed by atoms with van der Waals surface area (Å²) in [7, 11) is -3.77. The zero-order valence-corrected chi connectivity index (χ0v) is 16.9. The van der Waals surface area contributed by atoms with Gasteiger partial charge in [-0.05, 0) is 43.2 Å². The van der Waals surface area contributed by atoms with Gasteiger partial charge in [0, 0.05) is 12.1 Å². The van der Waals surface area contributed by atoms with Crippen molar-refractivity contribution in [2.45, 2.75) is 25.2 Å². The molecular formula is C20H22N2O6S. The number of imide groups is 1. The van der Waals surface area contributed by atoms with E-state index in [1.54, 1.807) is 50.2 Å². The quantitative estimate of drug-likeness (QED) is 0.627. The fraction of sp³-hybridized carbons (Fsp3) is 0.250. The fourth-order valence-electron chi connectivity index (χ4n) is 2.40.